The molecular formula is C13H16ClIN2O. The number of halogens is 2. The van der Waals surface area contributed by atoms with Gasteiger partial charge in [0, 0.05) is 15.2 Å². The summed E-state index contributed by atoms with van der Waals surface area (Å²) in [6, 6.07) is 5.62. The number of carbonyl (C=O) groups is 1. The van der Waals surface area contributed by atoms with Crippen molar-refractivity contribution in [3.8, 4) is 0 Å². The van der Waals surface area contributed by atoms with Crippen LogP contribution in [0.1, 0.15) is 23.7 Å². The zero-order valence-corrected chi connectivity index (χ0v) is 13.1. The van der Waals surface area contributed by atoms with Gasteiger partial charge in [-0.3, -0.25) is 4.79 Å². The largest absolute Gasteiger partial charge is 0.349 e. The Morgan fingerprint density at radius 1 is 1.56 bits per heavy atom. The lowest BCUT2D eigenvalue weighted by atomic mass is 9.95. The summed E-state index contributed by atoms with van der Waals surface area (Å²) in [5.74, 6) is 0.456. The molecule has 0 spiro atoms. The van der Waals surface area contributed by atoms with Crippen molar-refractivity contribution in [2.45, 2.75) is 19.4 Å². The average Bonchev–Trinajstić information content (AvgIpc) is 2.35. The lowest BCUT2D eigenvalue weighted by Gasteiger charge is -2.30. The van der Waals surface area contributed by atoms with Crippen molar-refractivity contribution in [3.63, 3.8) is 0 Å². The molecule has 98 valence electrons. The SMILES string of the molecule is CC1CNCCC1NC(=O)c1ccc(Cl)c(I)c1. The van der Waals surface area contributed by atoms with Gasteiger partial charge < -0.3 is 10.6 Å². The highest BCUT2D eigenvalue weighted by atomic mass is 127. The van der Waals surface area contributed by atoms with E-state index in [4.69, 9.17) is 11.6 Å². The third-order valence-corrected chi connectivity index (χ3v) is 4.82. The molecule has 2 unspecified atom stereocenters. The van der Waals surface area contributed by atoms with Gasteiger partial charge in [-0.05, 0) is 66.2 Å². The standard InChI is InChI=1S/C13H16ClIN2O/c1-8-7-16-5-4-12(8)17-13(18)9-2-3-10(14)11(15)6-9/h2-3,6,8,12,16H,4-5,7H2,1H3,(H,17,18). The van der Waals surface area contributed by atoms with Crippen molar-refractivity contribution in [2.24, 2.45) is 5.92 Å². The molecule has 0 saturated carbocycles. The molecule has 0 aromatic heterocycles. The topological polar surface area (TPSA) is 41.1 Å². The molecule has 1 fully saturated rings. The van der Waals surface area contributed by atoms with Crippen LogP contribution in [0.5, 0.6) is 0 Å². The zero-order valence-electron chi connectivity index (χ0n) is 10.2. The van der Waals surface area contributed by atoms with Crippen LogP contribution in [0.3, 0.4) is 0 Å². The van der Waals surface area contributed by atoms with E-state index >= 15 is 0 Å². The number of benzene rings is 1. The van der Waals surface area contributed by atoms with E-state index in [0.29, 0.717) is 16.5 Å². The van der Waals surface area contributed by atoms with Gasteiger partial charge in [0.05, 0.1) is 5.02 Å². The van der Waals surface area contributed by atoms with Crippen molar-refractivity contribution in [1.29, 1.82) is 0 Å². The van der Waals surface area contributed by atoms with Crippen LogP contribution in [0, 0.1) is 9.49 Å². The van der Waals surface area contributed by atoms with Gasteiger partial charge in [0.1, 0.15) is 0 Å². The molecule has 0 aliphatic carbocycles. The van der Waals surface area contributed by atoms with Crippen molar-refractivity contribution in [3.05, 3.63) is 32.4 Å². The first-order chi connectivity index (χ1) is 8.58. The molecule has 5 heteroatoms. The summed E-state index contributed by atoms with van der Waals surface area (Å²) in [5.41, 5.74) is 0.675. The quantitative estimate of drug-likeness (QED) is 0.777. The second-order valence-electron chi connectivity index (χ2n) is 4.68. The molecule has 1 amide bonds. The summed E-state index contributed by atoms with van der Waals surface area (Å²) >= 11 is 8.09. The van der Waals surface area contributed by atoms with Crippen LogP contribution in [0.25, 0.3) is 0 Å². The number of nitrogens with one attached hydrogen (secondary N) is 2. The minimum Gasteiger partial charge on any atom is -0.349 e. The fourth-order valence-electron chi connectivity index (χ4n) is 2.12. The Balaban J connectivity index is 2.04. The van der Waals surface area contributed by atoms with Crippen LogP contribution < -0.4 is 10.6 Å². The van der Waals surface area contributed by atoms with Crippen LogP contribution in [0.15, 0.2) is 18.2 Å². The molecule has 18 heavy (non-hydrogen) atoms. The number of carbonyl (C=O) groups excluding carboxylic acids is 1. The number of amides is 1. The van der Waals surface area contributed by atoms with E-state index in [1.807, 2.05) is 6.07 Å². The summed E-state index contributed by atoms with van der Waals surface area (Å²) in [7, 11) is 0. The van der Waals surface area contributed by atoms with Crippen LogP contribution in [-0.4, -0.2) is 25.0 Å². The molecule has 1 aromatic carbocycles. The fourth-order valence-corrected chi connectivity index (χ4v) is 2.75. The van der Waals surface area contributed by atoms with Crippen molar-refractivity contribution in [1.82, 2.24) is 10.6 Å². The summed E-state index contributed by atoms with van der Waals surface area (Å²) < 4.78 is 0.903. The lowest BCUT2D eigenvalue weighted by molar-refractivity contribution is 0.0914. The highest BCUT2D eigenvalue weighted by molar-refractivity contribution is 14.1. The Hall–Kier alpha value is -0.330. The zero-order chi connectivity index (χ0) is 13.1. The maximum Gasteiger partial charge on any atom is 0.251 e. The number of piperidine rings is 1. The van der Waals surface area contributed by atoms with E-state index in [0.717, 1.165) is 23.1 Å². The first-order valence-electron chi connectivity index (χ1n) is 6.04. The van der Waals surface area contributed by atoms with Crippen LogP contribution in [0.4, 0.5) is 0 Å². The molecule has 0 bridgehead atoms. The van der Waals surface area contributed by atoms with E-state index in [9.17, 15) is 4.79 Å². The molecule has 3 nitrogen and oxygen atoms in total. The molecule has 1 aromatic rings. The Labute approximate surface area is 126 Å². The Bertz CT molecular complexity index is 453. The van der Waals surface area contributed by atoms with Crippen LogP contribution in [0.2, 0.25) is 5.02 Å². The molecule has 2 atom stereocenters. The summed E-state index contributed by atoms with van der Waals surface area (Å²) in [4.78, 5) is 12.1. The Morgan fingerprint density at radius 2 is 2.33 bits per heavy atom. The van der Waals surface area contributed by atoms with E-state index in [2.05, 4.69) is 40.1 Å². The van der Waals surface area contributed by atoms with Gasteiger partial charge in [-0.25, -0.2) is 0 Å². The highest BCUT2D eigenvalue weighted by Gasteiger charge is 2.23. The van der Waals surface area contributed by atoms with Gasteiger partial charge in [0.2, 0.25) is 0 Å². The monoisotopic (exact) mass is 378 g/mol. The van der Waals surface area contributed by atoms with E-state index in [1.165, 1.54) is 0 Å². The summed E-state index contributed by atoms with van der Waals surface area (Å²) in [5, 5.41) is 7.11. The highest BCUT2D eigenvalue weighted by Crippen LogP contribution is 2.20. The predicted molar refractivity (Wildman–Crippen MR) is 82.1 cm³/mol. The van der Waals surface area contributed by atoms with E-state index < -0.39 is 0 Å². The molecule has 1 saturated heterocycles. The molecular weight excluding hydrogens is 363 g/mol. The lowest BCUT2D eigenvalue weighted by Crippen LogP contribution is -2.48. The van der Waals surface area contributed by atoms with E-state index in [-0.39, 0.29) is 11.9 Å². The van der Waals surface area contributed by atoms with Crippen LogP contribution >= 0.6 is 34.2 Å². The molecule has 1 heterocycles. The van der Waals surface area contributed by atoms with Gasteiger partial charge >= 0.3 is 0 Å². The third-order valence-electron chi connectivity index (χ3n) is 3.28. The predicted octanol–water partition coefficient (Wildman–Crippen LogP) is 2.67. The van der Waals surface area contributed by atoms with Gasteiger partial charge in [-0.2, -0.15) is 0 Å². The number of rotatable bonds is 2. The molecule has 2 rings (SSSR count). The minimum atomic E-state index is -0.0108. The maximum atomic E-state index is 12.1. The Morgan fingerprint density at radius 3 is 3.00 bits per heavy atom. The molecule has 1 aliphatic heterocycles. The molecule has 1 aliphatic rings. The van der Waals surface area contributed by atoms with Gasteiger partial charge in [-0.1, -0.05) is 18.5 Å². The van der Waals surface area contributed by atoms with Gasteiger partial charge in [0.15, 0.2) is 0 Å². The minimum absolute atomic E-state index is 0.0108. The number of hydrogen-bond donors (Lipinski definition) is 2. The average molecular weight is 379 g/mol. The Kier molecular flexibility index (Phi) is 4.86. The third kappa shape index (κ3) is 3.36. The fraction of sp³-hybridized carbons (Fsp3) is 0.462. The van der Waals surface area contributed by atoms with Crippen molar-refractivity contribution >= 4 is 40.1 Å². The number of hydrogen-bond acceptors (Lipinski definition) is 2. The summed E-state index contributed by atoms with van der Waals surface area (Å²) in [6.45, 7) is 4.08. The second kappa shape index (κ2) is 6.21. The maximum absolute atomic E-state index is 12.1. The van der Waals surface area contributed by atoms with Crippen molar-refractivity contribution < 1.29 is 4.79 Å². The van der Waals surface area contributed by atoms with Gasteiger partial charge in [0.25, 0.3) is 5.91 Å². The van der Waals surface area contributed by atoms with E-state index in [1.54, 1.807) is 12.1 Å². The van der Waals surface area contributed by atoms with Gasteiger partial charge in [-0.15, -0.1) is 0 Å². The smallest absolute Gasteiger partial charge is 0.251 e. The molecule has 2 N–H and O–H groups in total. The second-order valence-corrected chi connectivity index (χ2v) is 6.25. The molecule has 0 radical (unpaired) electrons. The van der Waals surface area contributed by atoms with Crippen molar-refractivity contribution in [2.75, 3.05) is 13.1 Å². The summed E-state index contributed by atoms with van der Waals surface area (Å²) in [6.07, 6.45) is 0.984. The first kappa shape index (κ1) is 14.1. The van der Waals surface area contributed by atoms with Crippen LogP contribution in [-0.2, 0) is 0 Å². The normalized spacial score (nSPS) is 23.7. The first-order valence-corrected chi connectivity index (χ1v) is 7.50.